The van der Waals surface area contributed by atoms with Gasteiger partial charge in [-0.05, 0) is 30.7 Å². The molecule has 1 heterocycles. The summed E-state index contributed by atoms with van der Waals surface area (Å²) in [6, 6.07) is 7.35. The lowest BCUT2D eigenvalue weighted by atomic mass is 10.1. The topological polar surface area (TPSA) is 46.1 Å². The van der Waals surface area contributed by atoms with Crippen LogP contribution in [0.15, 0.2) is 48.4 Å². The zero-order valence-electron chi connectivity index (χ0n) is 12.0. The lowest BCUT2D eigenvalue weighted by molar-refractivity contribution is -0.126. The molecule has 4 nitrogen and oxygen atoms in total. The van der Waals surface area contributed by atoms with Gasteiger partial charge in [0.2, 0.25) is 5.91 Å². The molecule has 0 radical (unpaired) electrons. The Labute approximate surface area is 129 Å². The molecule has 5 heteroatoms. The summed E-state index contributed by atoms with van der Waals surface area (Å²) in [6.07, 6.45) is 6.72. The second-order valence-corrected chi connectivity index (χ2v) is 5.17. The van der Waals surface area contributed by atoms with Gasteiger partial charge in [0.25, 0.3) is 0 Å². The second-order valence-electron chi connectivity index (χ2n) is 4.74. The van der Waals surface area contributed by atoms with Gasteiger partial charge in [-0.15, -0.1) is 0 Å². The summed E-state index contributed by atoms with van der Waals surface area (Å²) in [5.74, 6) is -0.0457. The third-order valence-corrected chi connectivity index (χ3v) is 3.21. The van der Waals surface area contributed by atoms with Crippen LogP contribution in [0.5, 0.6) is 0 Å². The minimum atomic E-state index is -0.0457. The fourth-order valence-electron chi connectivity index (χ4n) is 1.90. The molecule has 1 amide bonds. The largest absolute Gasteiger partial charge is 0.336 e. The first kappa shape index (κ1) is 15.2. The van der Waals surface area contributed by atoms with E-state index in [-0.39, 0.29) is 5.91 Å². The summed E-state index contributed by atoms with van der Waals surface area (Å²) >= 11 is 5.84. The fourth-order valence-corrected chi connectivity index (χ4v) is 2.02. The van der Waals surface area contributed by atoms with E-state index in [1.165, 1.54) is 0 Å². The predicted octanol–water partition coefficient (Wildman–Crippen LogP) is 3.19. The summed E-state index contributed by atoms with van der Waals surface area (Å²) in [5.41, 5.74) is 2.36. The zero-order chi connectivity index (χ0) is 15.2. The van der Waals surface area contributed by atoms with Gasteiger partial charge in [-0.2, -0.15) is 0 Å². The number of aromatic nitrogens is 2. The molecular formula is C16H16ClN3O. The van der Waals surface area contributed by atoms with Crippen molar-refractivity contribution in [2.24, 2.45) is 0 Å². The molecule has 1 aromatic carbocycles. The fraction of sp³-hybridized carbons (Fsp3) is 0.188. The summed E-state index contributed by atoms with van der Waals surface area (Å²) in [7, 11) is 1.75. The van der Waals surface area contributed by atoms with E-state index in [9.17, 15) is 4.79 Å². The molecule has 21 heavy (non-hydrogen) atoms. The van der Waals surface area contributed by atoms with Crippen molar-refractivity contribution in [1.82, 2.24) is 14.9 Å². The molecule has 0 fully saturated rings. The van der Waals surface area contributed by atoms with Gasteiger partial charge in [0.1, 0.15) is 0 Å². The average Bonchev–Trinajstić information content (AvgIpc) is 2.49. The molecule has 1 aromatic heterocycles. The Balaban J connectivity index is 2.06. The first-order valence-corrected chi connectivity index (χ1v) is 6.88. The number of rotatable bonds is 4. The quantitative estimate of drug-likeness (QED) is 0.815. The number of benzene rings is 1. The molecule has 0 saturated heterocycles. The van der Waals surface area contributed by atoms with Crippen LogP contribution in [-0.2, 0) is 11.3 Å². The van der Waals surface area contributed by atoms with Crippen LogP contribution in [0, 0.1) is 0 Å². The van der Waals surface area contributed by atoms with Gasteiger partial charge in [-0.3, -0.25) is 14.8 Å². The van der Waals surface area contributed by atoms with E-state index in [0.29, 0.717) is 17.1 Å². The molecule has 0 spiro atoms. The van der Waals surface area contributed by atoms with E-state index in [1.54, 1.807) is 49.6 Å². The van der Waals surface area contributed by atoms with Crippen LogP contribution in [-0.4, -0.2) is 27.8 Å². The molecule has 0 aliphatic rings. The van der Waals surface area contributed by atoms with Crippen molar-refractivity contribution in [3.8, 4) is 0 Å². The maximum atomic E-state index is 12.3. The Morgan fingerprint density at radius 2 is 2.00 bits per heavy atom. The van der Waals surface area contributed by atoms with E-state index < -0.39 is 0 Å². The second kappa shape index (κ2) is 6.99. The molecule has 0 saturated carbocycles. The first-order valence-electron chi connectivity index (χ1n) is 6.50. The summed E-state index contributed by atoms with van der Waals surface area (Å²) in [6.45, 7) is 2.22. The van der Waals surface area contributed by atoms with Crippen molar-refractivity contribution < 1.29 is 4.79 Å². The molecule has 2 aromatic rings. The van der Waals surface area contributed by atoms with Gasteiger partial charge in [0.05, 0.1) is 18.4 Å². The molecule has 0 aliphatic carbocycles. The highest BCUT2D eigenvalue weighted by Gasteiger charge is 2.12. The number of amides is 1. The van der Waals surface area contributed by atoms with Gasteiger partial charge < -0.3 is 4.90 Å². The van der Waals surface area contributed by atoms with E-state index >= 15 is 0 Å². The van der Waals surface area contributed by atoms with E-state index in [2.05, 4.69) is 9.97 Å². The van der Waals surface area contributed by atoms with E-state index in [1.807, 2.05) is 18.2 Å². The molecule has 0 atom stereocenters. The van der Waals surface area contributed by atoms with Crippen molar-refractivity contribution in [2.75, 3.05) is 7.05 Å². The molecule has 108 valence electrons. The van der Waals surface area contributed by atoms with Crippen molar-refractivity contribution >= 4 is 23.6 Å². The zero-order valence-corrected chi connectivity index (χ0v) is 12.7. The monoisotopic (exact) mass is 301 g/mol. The molecule has 0 bridgehead atoms. The minimum Gasteiger partial charge on any atom is -0.336 e. The van der Waals surface area contributed by atoms with Crippen molar-refractivity contribution in [3.05, 3.63) is 64.7 Å². The van der Waals surface area contributed by atoms with Crippen LogP contribution in [0.2, 0.25) is 5.02 Å². The highest BCUT2D eigenvalue weighted by Crippen LogP contribution is 2.13. The van der Waals surface area contributed by atoms with Gasteiger partial charge in [0.15, 0.2) is 0 Å². The minimum absolute atomic E-state index is 0.0457. The highest BCUT2D eigenvalue weighted by atomic mass is 35.5. The molecule has 2 rings (SSSR count). The SMILES string of the molecule is C/C(=C\c1ccc(Cl)cc1)C(=O)N(C)Cc1cnccn1. The highest BCUT2D eigenvalue weighted by molar-refractivity contribution is 6.30. The predicted molar refractivity (Wildman–Crippen MR) is 83.6 cm³/mol. The number of carbonyl (C=O) groups is 1. The third kappa shape index (κ3) is 4.39. The van der Waals surface area contributed by atoms with Crippen LogP contribution in [0.1, 0.15) is 18.2 Å². The number of halogens is 1. The summed E-state index contributed by atoms with van der Waals surface area (Å²) in [4.78, 5) is 22.1. The van der Waals surface area contributed by atoms with Crippen LogP contribution >= 0.6 is 11.6 Å². The Hall–Kier alpha value is -2.20. The van der Waals surface area contributed by atoms with Crippen LogP contribution < -0.4 is 0 Å². The van der Waals surface area contributed by atoms with Crippen molar-refractivity contribution in [1.29, 1.82) is 0 Å². The standard InChI is InChI=1S/C16H16ClN3O/c1-12(9-13-3-5-14(17)6-4-13)16(21)20(2)11-15-10-18-7-8-19-15/h3-10H,11H2,1-2H3/b12-9+. The van der Waals surface area contributed by atoms with Crippen LogP contribution in [0.25, 0.3) is 6.08 Å². The van der Waals surface area contributed by atoms with Gasteiger partial charge in [0, 0.05) is 30.0 Å². The normalized spacial score (nSPS) is 11.3. The van der Waals surface area contributed by atoms with E-state index in [0.717, 1.165) is 11.3 Å². The Kier molecular flexibility index (Phi) is 5.06. The number of nitrogens with zero attached hydrogens (tertiary/aromatic N) is 3. The van der Waals surface area contributed by atoms with Gasteiger partial charge in [-0.1, -0.05) is 23.7 Å². The molecule has 0 unspecified atom stereocenters. The Morgan fingerprint density at radius 1 is 1.29 bits per heavy atom. The van der Waals surface area contributed by atoms with Gasteiger partial charge >= 0.3 is 0 Å². The van der Waals surface area contributed by atoms with Crippen LogP contribution in [0.3, 0.4) is 0 Å². The maximum absolute atomic E-state index is 12.3. The molecule has 0 N–H and O–H groups in total. The first-order chi connectivity index (χ1) is 10.1. The maximum Gasteiger partial charge on any atom is 0.249 e. The number of hydrogen-bond donors (Lipinski definition) is 0. The van der Waals surface area contributed by atoms with E-state index in [4.69, 9.17) is 11.6 Å². The molecular weight excluding hydrogens is 286 g/mol. The lowest BCUT2D eigenvalue weighted by Gasteiger charge is -2.16. The van der Waals surface area contributed by atoms with Crippen LogP contribution in [0.4, 0.5) is 0 Å². The van der Waals surface area contributed by atoms with Crippen molar-refractivity contribution in [2.45, 2.75) is 13.5 Å². The number of hydrogen-bond acceptors (Lipinski definition) is 3. The average molecular weight is 302 g/mol. The Bertz CT molecular complexity index is 638. The van der Waals surface area contributed by atoms with Crippen molar-refractivity contribution in [3.63, 3.8) is 0 Å². The number of carbonyl (C=O) groups excluding carboxylic acids is 1. The summed E-state index contributed by atoms with van der Waals surface area (Å²) in [5, 5.41) is 0.677. The third-order valence-electron chi connectivity index (χ3n) is 2.95. The summed E-state index contributed by atoms with van der Waals surface area (Å²) < 4.78 is 0. The molecule has 0 aliphatic heterocycles. The Morgan fingerprint density at radius 3 is 2.62 bits per heavy atom. The lowest BCUT2D eigenvalue weighted by Crippen LogP contribution is -2.27. The van der Waals surface area contributed by atoms with Gasteiger partial charge in [-0.25, -0.2) is 0 Å². The smallest absolute Gasteiger partial charge is 0.249 e. The number of likely N-dealkylation sites (N-methyl/N-ethyl adjacent to an activating group) is 1.